The van der Waals surface area contributed by atoms with Gasteiger partial charge in [-0.1, -0.05) is 26.0 Å². The van der Waals surface area contributed by atoms with Crippen LogP contribution in [0.1, 0.15) is 20.8 Å². The van der Waals surface area contributed by atoms with Crippen molar-refractivity contribution >= 4 is 11.6 Å². The average molecular weight is 396 g/mol. The fourth-order valence-corrected chi connectivity index (χ4v) is 2.90. The van der Waals surface area contributed by atoms with E-state index in [-0.39, 0.29) is 1.43 Å². The molecule has 0 spiro atoms. The number of fused-ring (bicyclic) bond motifs is 7. The predicted molar refractivity (Wildman–Crippen MR) is 117 cm³/mol. The molecule has 0 unspecified atom stereocenters. The van der Waals surface area contributed by atoms with Crippen LogP contribution in [0.2, 0.25) is 0 Å². The molecule has 0 atom stereocenters. The Morgan fingerprint density at radius 2 is 1.69 bits per heavy atom. The summed E-state index contributed by atoms with van der Waals surface area (Å²) in [5, 5.41) is 3.26. The molecule has 4 rings (SSSR count). The fraction of sp³-hybridized carbons (Fsp3) is 0.304. The molecule has 1 aromatic heterocycles. The molecule has 29 heavy (non-hydrogen) atoms. The van der Waals surface area contributed by atoms with E-state index < -0.39 is 0 Å². The third kappa shape index (κ3) is 5.93. The molecule has 6 nitrogen and oxygen atoms in total. The molecule has 0 aliphatic carbocycles. The summed E-state index contributed by atoms with van der Waals surface area (Å²) in [6.07, 6.45) is 1.74. The smallest absolute Gasteiger partial charge is 0.227 e. The first kappa shape index (κ1) is 20.6. The lowest BCUT2D eigenvalue weighted by Crippen LogP contribution is -2.12. The third-order valence-corrected chi connectivity index (χ3v) is 4.09. The second-order valence-corrected chi connectivity index (χ2v) is 6.26. The zero-order valence-electron chi connectivity index (χ0n) is 17.1. The SMILES string of the molecule is CC.Cc1cc2cc(c1)OCCOCCOc1cccc(c1)-c1ccnc(n1)N2.[HH]. The molecule has 6 bridgehead atoms. The Bertz CT molecular complexity index is 937. The molecule has 0 amide bonds. The highest BCUT2D eigenvalue weighted by Crippen LogP contribution is 2.26. The summed E-state index contributed by atoms with van der Waals surface area (Å²) in [5.41, 5.74) is 3.76. The molecule has 1 aliphatic heterocycles. The summed E-state index contributed by atoms with van der Waals surface area (Å²) in [5.74, 6) is 2.10. The van der Waals surface area contributed by atoms with Crippen molar-refractivity contribution in [2.24, 2.45) is 0 Å². The van der Waals surface area contributed by atoms with E-state index in [0.717, 1.165) is 34.0 Å². The standard InChI is InChI=1S/C21H21N3O3.C2H6.H2/c1-15-11-17-14-19(12-15)27-10-8-25-7-9-26-18-4-2-3-16(13-18)20-5-6-22-21(23-17)24-20;1-2;/h2-6,11-14H,7-10H2,1H3,(H,22,23,24);1-2H3;1H. The molecule has 154 valence electrons. The molecule has 0 saturated carbocycles. The second-order valence-electron chi connectivity index (χ2n) is 6.26. The van der Waals surface area contributed by atoms with Crippen LogP contribution in [-0.2, 0) is 4.74 Å². The Morgan fingerprint density at radius 3 is 2.52 bits per heavy atom. The van der Waals surface area contributed by atoms with Crippen LogP contribution in [0, 0.1) is 6.92 Å². The molecular weight excluding hydrogens is 366 g/mol. The summed E-state index contributed by atoms with van der Waals surface area (Å²) in [6, 6.07) is 15.7. The van der Waals surface area contributed by atoms with Crippen molar-refractivity contribution in [1.82, 2.24) is 9.97 Å². The van der Waals surface area contributed by atoms with Crippen molar-refractivity contribution in [3.63, 3.8) is 0 Å². The number of aryl methyl sites for hydroxylation is 1. The summed E-state index contributed by atoms with van der Waals surface area (Å²) < 4.78 is 17.2. The zero-order valence-corrected chi connectivity index (χ0v) is 17.1. The Morgan fingerprint density at radius 1 is 0.897 bits per heavy atom. The molecule has 0 radical (unpaired) electrons. The van der Waals surface area contributed by atoms with Crippen molar-refractivity contribution in [3.8, 4) is 22.8 Å². The lowest BCUT2D eigenvalue weighted by molar-refractivity contribution is 0.0764. The number of nitrogens with one attached hydrogen (secondary N) is 1. The van der Waals surface area contributed by atoms with E-state index >= 15 is 0 Å². The van der Waals surface area contributed by atoms with Crippen LogP contribution in [0.5, 0.6) is 11.5 Å². The van der Waals surface area contributed by atoms with E-state index in [9.17, 15) is 0 Å². The van der Waals surface area contributed by atoms with Gasteiger partial charge in [0.15, 0.2) is 0 Å². The van der Waals surface area contributed by atoms with Gasteiger partial charge in [-0.2, -0.15) is 0 Å². The quantitative estimate of drug-likeness (QED) is 0.560. The Hall–Kier alpha value is -3.12. The van der Waals surface area contributed by atoms with Crippen LogP contribution < -0.4 is 14.8 Å². The minimum Gasteiger partial charge on any atom is -0.491 e. The molecule has 1 N–H and O–H groups in total. The number of nitrogens with zero attached hydrogens (tertiary/aromatic N) is 2. The van der Waals surface area contributed by atoms with Crippen LogP contribution in [0.25, 0.3) is 11.3 Å². The van der Waals surface area contributed by atoms with Gasteiger partial charge < -0.3 is 19.5 Å². The van der Waals surface area contributed by atoms with Crippen molar-refractivity contribution in [2.75, 3.05) is 31.7 Å². The summed E-state index contributed by atoms with van der Waals surface area (Å²) in [4.78, 5) is 8.97. The number of hydrogen-bond acceptors (Lipinski definition) is 6. The summed E-state index contributed by atoms with van der Waals surface area (Å²) in [7, 11) is 0. The number of aromatic nitrogens is 2. The number of anilines is 2. The van der Waals surface area contributed by atoms with Gasteiger partial charge in [-0.25, -0.2) is 9.97 Å². The molecule has 2 heterocycles. The third-order valence-electron chi connectivity index (χ3n) is 4.09. The molecule has 2 aromatic carbocycles. The van der Waals surface area contributed by atoms with Crippen molar-refractivity contribution in [1.29, 1.82) is 0 Å². The van der Waals surface area contributed by atoms with Gasteiger partial charge >= 0.3 is 0 Å². The molecule has 0 fully saturated rings. The van der Waals surface area contributed by atoms with Crippen molar-refractivity contribution in [3.05, 3.63) is 60.3 Å². The van der Waals surface area contributed by atoms with E-state index in [1.54, 1.807) is 6.20 Å². The summed E-state index contributed by atoms with van der Waals surface area (Å²) >= 11 is 0. The molecule has 1 aliphatic rings. The monoisotopic (exact) mass is 395 g/mol. The van der Waals surface area contributed by atoms with Crippen LogP contribution >= 0.6 is 0 Å². The van der Waals surface area contributed by atoms with E-state index in [1.807, 2.05) is 69.3 Å². The number of rotatable bonds is 0. The maximum absolute atomic E-state index is 5.80. The number of benzene rings is 2. The first-order valence-corrected chi connectivity index (χ1v) is 9.92. The van der Waals surface area contributed by atoms with Gasteiger partial charge in [-0.15, -0.1) is 0 Å². The Kier molecular flexibility index (Phi) is 7.41. The average Bonchev–Trinajstić information content (AvgIpc) is 2.74. The van der Waals surface area contributed by atoms with E-state index in [2.05, 4.69) is 15.3 Å². The lowest BCUT2D eigenvalue weighted by atomic mass is 10.1. The zero-order chi connectivity index (χ0) is 20.5. The largest absolute Gasteiger partial charge is 0.491 e. The number of hydrogen-bond donors (Lipinski definition) is 1. The predicted octanol–water partition coefficient (Wildman–Crippen LogP) is 5.26. The first-order valence-electron chi connectivity index (χ1n) is 9.92. The maximum Gasteiger partial charge on any atom is 0.227 e. The fourth-order valence-electron chi connectivity index (χ4n) is 2.90. The molecule has 3 aromatic rings. The normalized spacial score (nSPS) is 13.5. The number of ether oxygens (including phenoxy) is 3. The van der Waals surface area contributed by atoms with Gasteiger partial charge in [0.25, 0.3) is 0 Å². The minimum absolute atomic E-state index is 0. The minimum atomic E-state index is 0. The van der Waals surface area contributed by atoms with Crippen LogP contribution in [0.4, 0.5) is 11.6 Å². The highest BCUT2D eigenvalue weighted by molar-refractivity contribution is 5.64. The summed E-state index contributed by atoms with van der Waals surface area (Å²) in [6.45, 7) is 7.99. The van der Waals surface area contributed by atoms with E-state index in [0.29, 0.717) is 32.4 Å². The van der Waals surface area contributed by atoms with Crippen LogP contribution in [-0.4, -0.2) is 36.4 Å². The van der Waals surface area contributed by atoms with Gasteiger partial charge in [-0.3, -0.25) is 0 Å². The van der Waals surface area contributed by atoms with Gasteiger partial charge in [0.05, 0.1) is 18.9 Å². The van der Waals surface area contributed by atoms with Crippen molar-refractivity contribution < 1.29 is 15.6 Å². The molecular formula is C23H29N3O3. The van der Waals surface area contributed by atoms with Gasteiger partial charge in [0.2, 0.25) is 5.95 Å². The van der Waals surface area contributed by atoms with Crippen molar-refractivity contribution in [2.45, 2.75) is 20.8 Å². The van der Waals surface area contributed by atoms with Gasteiger partial charge in [0, 0.05) is 24.9 Å². The highest BCUT2D eigenvalue weighted by Gasteiger charge is 2.07. The van der Waals surface area contributed by atoms with Gasteiger partial charge in [-0.05, 0) is 42.8 Å². The Labute approximate surface area is 173 Å². The van der Waals surface area contributed by atoms with Crippen LogP contribution in [0.3, 0.4) is 0 Å². The van der Waals surface area contributed by atoms with Gasteiger partial charge in [0.1, 0.15) is 24.7 Å². The Balaban J connectivity index is 0.00000104. The molecule has 6 heteroatoms. The molecule has 0 saturated heterocycles. The second kappa shape index (κ2) is 10.4. The highest BCUT2D eigenvalue weighted by atomic mass is 16.5. The van der Waals surface area contributed by atoms with E-state index in [1.165, 1.54) is 0 Å². The first-order chi connectivity index (χ1) is 14.3. The topological polar surface area (TPSA) is 65.5 Å². The lowest BCUT2D eigenvalue weighted by Gasteiger charge is -2.11. The van der Waals surface area contributed by atoms with E-state index in [4.69, 9.17) is 14.2 Å². The van der Waals surface area contributed by atoms with Crippen LogP contribution in [0.15, 0.2) is 54.7 Å². The maximum atomic E-state index is 5.80.